The molecule has 3 N–H and O–H groups in total. The Hall–Kier alpha value is -2.04. The van der Waals surface area contributed by atoms with E-state index in [4.69, 9.17) is 10.8 Å². The summed E-state index contributed by atoms with van der Waals surface area (Å²) in [5.74, 6) is -1.23. The van der Waals surface area contributed by atoms with Crippen molar-refractivity contribution in [3.63, 3.8) is 0 Å². The molecule has 0 saturated heterocycles. The lowest BCUT2D eigenvalue weighted by molar-refractivity contribution is -0.137. The Labute approximate surface area is 112 Å². The summed E-state index contributed by atoms with van der Waals surface area (Å²) in [5.41, 5.74) is 6.76. The first-order chi connectivity index (χ1) is 9.09. The van der Waals surface area contributed by atoms with Gasteiger partial charge in [-0.05, 0) is 25.0 Å². The van der Waals surface area contributed by atoms with Gasteiger partial charge in [-0.2, -0.15) is 0 Å². The zero-order chi connectivity index (χ0) is 13.8. The zero-order valence-corrected chi connectivity index (χ0v) is 10.7. The third-order valence-electron chi connectivity index (χ3n) is 3.49. The van der Waals surface area contributed by atoms with E-state index in [2.05, 4.69) is 0 Å². The number of carbonyl (C=O) groups excluding carboxylic acids is 1. The Morgan fingerprint density at radius 2 is 1.89 bits per heavy atom. The summed E-state index contributed by atoms with van der Waals surface area (Å²) >= 11 is 0. The lowest BCUT2D eigenvalue weighted by atomic mass is 10.1. The van der Waals surface area contributed by atoms with Crippen LogP contribution in [0.3, 0.4) is 0 Å². The van der Waals surface area contributed by atoms with E-state index >= 15 is 0 Å². The largest absolute Gasteiger partial charge is 0.480 e. The molecule has 19 heavy (non-hydrogen) atoms. The van der Waals surface area contributed by atoms with E-state index in [-0.39, 0.29) is 18.4 Å². The van der Waals surface area contributed by atoms with Crippen LogP contribution in [0.15, 0.2) is 24.3 Å². The molecule has 1 saturated carbocycles. The average molecular weight is 262 g/mol. The molecule has 0 unspecified atom stereocenters. The lowest BCUT2D eigenvalue weighted by Crippen LogP contribution is -2.39. The minimum absolute atomic E-state index is 0.0704. The van der Waals surface area contributed by atoms with E-state index in [9.17, 15) is 9.59 Å². The average Bonchev–Trinajstić information content (AvgIpc) is 2.90. The molecule has 1 aliphatic carbocycles. The van der Waals surface area contributed by atoms with E-state index in [1.165, 1.54) is 4.90 Å². The molecule has 1 amide bonds. The van der Waals surface area contributed by atoms with Crippen LogP contribution in [0.25, 0.3) is 0 Å². The standard InChI is InChI=1S/C14H18N2O3/c15-11-7-3-4-8-12(11)16(9-13(17)18)14(19)10-5-1-2-6-10/h3-4,7-8,10H,1-2,5-6,9,15H2,(H,17,18). The van der Waals surface area contributed by atoms with Gasteiger partial charge in [-0.15, -0.1) is 0 Å². The van der Waals surface area contributed by atoms with E-state index in [1.54, 1.807) is 24.3 Å². The number of hydrogen-bond acceptors (Lipinski definition) is 3. The number of para-hydroxylation sites is 2. The molecule has 2 rings (SSSR count). The van der Waals surface area contributed by atoms with Gasteiger partial charge < -0.3 is 10.8 Å². The molecule has 1 aromatic carbocycles. The van der Waals surface area contributed by atoms with Crippen LogP contribution in [0.4, 0.5) is 11.4 Å². The van der Waals surface area contributed by atoms with Crippen molar-refractivity contribution in [1.29, 1.82) is 0 Å². The molecular formula is C14H18N2O3. The first kappa shape index (κ1) is 13.4. The molecule has 5 heteroatoms. The van der Waals surface area contributed by atoms with Gasteiger partial charge in [0.05, 0.1) is 11.4 Å². The summed E-state index contributed by atoms with van der Waals surface area (Å²) in [4.78, 5) is 24.7. The highest BCUT2D eigenvalue weighted by atomic mass is 16.4. The van der Waals surface area contributed by atoms with Gasteiger partial charge in [0.1, 0.15) is 6.54 Å². The van der Waals surface area contributed by atoms with E-state index in [1.807, 2.05) is 0 Å². The van der Waals surface area contributed by atoms with Crippen LogP contribution < -0.4 is 10.6 Å². The number of benzene rings is 1. The Morgan fingerprint density at radius 1 is 1.26 bits per heavy atom. The second kappa shape index (κ2) is 5.73. The Bertz CT molecular complexity index is 481. The number of carboxylic acid groups (broad SMARTS) is 1. The highest BCUT2D eigenvalue weighted by molar-refractivity contribution is 6.01. The topological polar surface area (TPSA) is 83.6 Å². The van der Waals surface area contributed by atoms with Crippen LogP contribution in [-0.2, 0) is 9.59 Å². The maximum atomic E-state index is 12.4. The predicted molar refractivity (Wildman–Crippen MR) is 72.8 cm³/mol. The van der Waals surface area contributed by atoms with Crippen molar-refractivity contribution in [1.82, 2.24) is 0 Å². The highest BCUT2D eigenvalue weighted by Gasteiger charge is 2.29. The van der Waals surface area contributed by atoms with Crippen molar-refractivity contribution in [2.45, 2.75) is 25.7 Å². The molecule has 102 valence electrons. The number of hydrogen-bond donors (Lipinski definition) is 2. The molecule has 0 bridgehead atoms. The molecule has 0 spiro atoms. The van der Waals surface area contributed by atoms with E-state index in [0.29, 0.717) is 11.4 Å². The molecule has 1 aromatic rings. The second-order valence-electron chi connectivity index (χ2n) is 4.86. The van der Waals surface area contributed by atoms with Gasteiger partial charge in [0.2, 0.25) is 5.91 Å². The van der Waals surface area contributed by atoms with Gasteiger partial charge in [0.25, 0.3) is 0 Å². The number of nitrogens with zero attached hydrogens (tertiary/aromatic N) is 1. The highest BCUT2D eigenvalue weighted by Crippen LogP contribution is 2.30. The molecule has 5 nitrogen and oxygen atoms in total. The monoisotopic (exact) mass is 262 g/mol. The maximum Gasteiger partial charge on any atom is 0.323 e. The summed E-state index contributed by atoms with van der Waals surface area (Å²) in [7, 11) is 0. The van der Waals surface area contributed by atoms with Crippen LogP contribution in [-0.4, -0.2) is 23.5 Å². The number of anilines is 2. The van der Waals surface area contributed by atoms with E-state index < -0.39 is 5.97 Å². The van der Waals surface area contributed by atoms with Crippen molar-refractivity contribution in [2.75, 3.05) is 17.2 Å². The van der Waals surface area contributed by atoms with Gasteiger partial charge >= 0.3 is 5.97 Å². The van der Waals surface area contributed by atoms with Gasteiger partial charge in [0, 0.05) is 5.92 Å². The van der Waals surface area contributed by atoms with Crippen LogP contribution in [0.2, 0.25) is 0 Å². The Kier molecular flexibility index (Phi) is 4.04. The number of amides is 1. The minimum atomic E-state index is -1.03. The van der Waals surface area contributed by atoms with Gasteiger partial charge in [0.15, 0.2) is 0 Å². The smallest absolute Gasteiger partial charge is 0.323 e. The third-order valence-corrected chi connectivity index (χ3v) is 3.49. The van der Waals surface area contributed by atoms with Crippen molar-refractivity contribution in [3.8, 4) is 0 Å². The fourth-order valence-corrected chi connectivity index (χ4v) is 2.54. The number of rotatable bonds is 4. The SMILES string of the molecule is Nc1ccccc1N(CC(=O)O)C(=O)C1CCCC1. The molecule has 0 aromatic heterocycles. The molecule has 0 aliphatic heterocycles. The van der Waals surface area contributed by atoms with Gasteiger partial charge in [-0.1, -0.05) is 25.0 Å². The summed E-state index contributed by atoms with van der Waals surface area (Å²) in [6, 6.07) is 6.87. The summed E-state index contributed by atoms with van der Waals surface area (Å²) in [6.45, 7) is -0.344. The van der Waals surface area contributed by atoms with Crippen molar-refractivity contribution in [2.24, 2.45) is 5.92 Å². The molecule has 0 atom stereocenters. The summed E-state index contributed by atoms with van der Waals surface area (Å²) < 4.78 is 0. The van der Waals surface area contributed by atoms with Gasteiger partial charge in [-0.25, -0.2) is 0 Å². The summed E-state index contributed by atoms with van der Waals surface area (Å²) in [6.07, 6.45) is 3.73. The molecule has 0 radical (unpaired) electrons. The first-order valence-corrected chi connectivity index (χ1v) is 6.47. The number of nitrogens with two attached hydrogens (primary N) is 1. The van der Waals surface area contributed by atoms with Crippen LogP contribution in [0.5, 0.6) is 0 Å². The minimum Gasteiger partial charge on any atom is -0.480 e. The fourth-order valence-electron chi connectivity index (χ4n) is 2.54. The zero-order valence-electron chi connectivity index (χ0n) is 10.7. The Morgan fingerprint density at radius 3 is 2.47 bits per heavy atom. The molecule has 1 aliphatic rings. The summed E-state index contributed by atoms with van der Waals surface area (Å²) in [5, 5.41) is 8.99. The normalized spacial score (nSPS) is 15.4. The Balaban J connectivity index is 2.27. The predicted octanol–water partition coefficient (Wildman–Crippen LogP) is 1.88. The number of carboxylic acids is 1. The van der Waals surface area contributed by atoms with E-state index in [0.717, 1.165) is 25.7 Å². The van der Waals surface area contributed by atoms with Crippen molar-refractivity contribution in [3.05, 3.63) is 24.3 Å². The number of carbonyl (C=O) groups is 2. The first-order valence-electron chi connectivity index (χ1n) is 6.47. The van der Waals surface area contributed by atoms with Crippen LogP contribution in [0, 0.1) is 5.92 Å². The third kappa shape index (κ3) is 3.05. The molecule has 1 fully saturated rings. The van der Waals surface area contributed by atoms with Gasteiger partial charge in [-0.3, -0.25) is 14.5 Å². The lowest BCUT2D eigenvalue weighted by Gasteiger charge is -2.25. The van der Waals surface area contributed by atoms with Crippen molar-refractivity contribution < 1.29 is 14.7 Å². The molecule has 0 heterocycles. The quantitative estimate of drug-likeness (QED) is 0.811. The van der Waals surface area contributed by atoms with Crippen LogP contribution in [0.1, 0.15) is 25.7 Å². The molecular weight excluding hydrogens is 244 g/mol. The fraction of sp³-hybridized carbons (Fsp3) is 0.429. The number of nitrogen functional groups attached to an aromatic ring is 1. The van der Waals surface area contributed by atoms with Crippen molar-refractivity contribution >= 4 is 23.3 Å². The number of aliphatic carboxylic acids is 1. The maximum absolute atomic E-state index is 12.4. The second-order valence-corrected chi connectivity index (χ2v) is 4.86. The van der Waals surface area contributed by atoms with Crippen LogP contribution >= 0.6 is 0 Å².